The van der Waals surface area contributed by atoms with Crippen molar-refractivity contribution in [3.8, 4) is 5.75 Å². The molecule has 0 unspecified atom stereocenters. The lowest BCUT2D eigenvalue weighted by molar-refractivity contribution is 0.474. The molecule has 0 amide bonds. The first-order chi connectivity index (χ1) is 8.40. The fourth-order valence-electron chi connectivity index (χ4n) is 1.76. The summed E-state index contributed by atoms with van der Waals surface area (Å²) in [7, 11) is -3.98. The molecule has 2 aromatic rings. The largest absolute Gasteiger partial charge is 0.377 e. The summed E-state index contributed by atoms with van der Waals surface area (Å²) in [6.45, 7) is 5.53. The molecular weight excluding hydrogens is 254 g/mol. The van der Waals surface area contributed by atoms with Crippen molar-refractivity contribution in [3.63, 3.8) is 0 Å². The number of hydrogen-bond donors (Lipinski definition) is 1. The molecule has 0 aliphatic heterocycles. The van der Waals surface area contributed by atoms with Crippen LogP contribution >= 0.6 is 0 Å². The number of H-pyrrole nitrogens is 1. The van der Waals surface area contributed by atoms with Gasteiger partial charge in [0.1, 0.15) is 12.1 Å². The van der Waals surface area contributed by atoms with Crippen LogP contribution in [0.15, 0.2) is 23.6 Å². The molecular formula is C11H13N3O3S. The zero-order valence-corrected chi connectivity index (χ0v) is 11.1. The van der Waals surface area contributed by atoms with Gasteiger partial charge in [0.05, 0.1) is 0 Å². The van der Waals surface area contributed by atoms with Gasteiger partial charge in [-0.25, -0.2) is 4.98 Å². The first-order valence-corrected chi connectivity index (χ1v) is 6.69. The third kappa shape index (κ3) is 2.35. The van der Waals surface area contributed by atoms with E-state index in [-0.39, 0.29) is 5.16 Å². The normalized spacial score (nSPS) is 11.5. The van der Waals surface area contributed by atoms with Crippen molar-refractivity contribution in [2.45, 2.75) is 25.9 Å². The van der Waals surface area contributed by atoms with Crippen LogP contribution in [0.2, 0.25) is 0 Å². The molecule has 0 atom stereocenters. The Balaban J connectivity index is 2.42. The second-order valence-corrected chi connectivity index (χ2v) is 5.49. The predicted molar refractivity (Wildman–Crippen MR) is 64.8 cm³/mol. The van der Waals surface area contributed by atoms with Crippen LogP contribution in [0.4, 0.5) is 0 Å². The summed E-state index contributed by atoms with van der Waals surface area (Å²) in [4.78, 5) is 3.58. The van der Waals surface area contributed by atoms with E-state index in [4.69, 9.17) is 4.18 Å². The van der Waals surface area contributed by atoms with Crippen LogP contribution < -0.4 is 4.18 Å². The number of aryl methyl sites for hydroxylation is 3. The highest BCUT2D eigenvalue weighted by molar-refractivity contribution is 7.86. The molecule has 0 bridgehead atoms. The maximum atomic E-state index is 11.9. The Bertz CT molecular complexity index is 640. The zero-order chi connectivity index (χ0) is 13.3. The molecule has 1 N–H and O–H groups in total. The molecule has 1 aromatic heterocycles. The molecule has 0 spiro atoms. The lowest BCUT2D eigenvalue weighted by Crippen LogP contribution is -2.13. The van der Waals surface area contributed by atoms with E-state index in [1.165, 1.54) is 6.33 Å². The van der Waals surface area contributed by atoms with Gasteiger partial charge in [-0.15, -0.1) is 5.10 Å². The highest BCUT2D eigenvalue weighted by Crippen LogP contribution is 2.26. The summed E-state index contributed by atoms with van der Waals surface area (Å²) in [6.07, 6.45) is 1.19. The van der Waals surface area contributed by atoms with Gasteiger partial charge in [0, 0.05) is 0 Å². The molecule has 2 rings (SSSR count). The molecule has 0 saturated carbocycles. The second kappa shape index (κ2) is 4.41. The van der Waals surface area contributed by atoms with Crippen LogP contribution in [0.3, 0.4) is 0 Å². The minimum atomic E-state index is -3.98. The number of nitrogens with zero attached hydrogens (tertiary/aromatic N) is 2. The Morgan fingerprint density at radius 2 is 1.78 bits per heavy atom. The molecule has 7 heteroatoms. The van der Waals surface area contributed by atoms with E-state index in [9.17, 15) is 8.42 Å². The van der Waals surface area contributed by atoms with Crippen molar-refractivity contribution in [3.05, 3.63) is 35.2 Å². The van der Waals surface area contributed by atoms with E-state index >= 15 is 0 Å². The van der Waals surface area contributed by atoms with Gasteiger partial charge in [0.25, 0.3) is 0 Å². The van der Waals surface area contributed by atoms with Crippen molar-refractivity contribution in [2.24, 2.45) is 0 Å². The smallest absolute Gasteiger partial charge is 0.376 e. The van der Waals surface area contributed by atoms with Crippen molar-refractivity contribution >= 4 is 10.1 Å². The third-order valence-corrected chi connectivity index (χ3v) is 3.44. The molecule has 0 aliphatic carbocycles. The fourth-order valence-corrected chi connectivity index (χ4v) is 2.67. The Morgan fingerprint density at radius 1 is 1.17 bits per heavy atom. The quantitative estimate of drug-likeness (QED) is 0.852. The van der Waals surface area contributed by atoms with Crippen LogP contribution in [0.5, 0.6) is 5.75 Å². The molecule has 6 nitrogen and oxygen atoms in total. The number of benzene rings is 1. The maximum Gasteiger partial charge on any atom is 0.377 e. The van der Waals surface area contributed by atoms with Gasteiger partial charge >= 0.3 is 15.3 Å². The lowest BCUT2D eigenvalue weighted by atomic mass is 10.1. The molecule has 0 saturated heterocycles. The number of aromatic amines is 1. The third-order valence-electron chi connectivity index (χ3n) is 2.41. The first kappa shape index (κ1) is 12.6. The van der Waals surface area contributed by atoms with E-state index < -0.39 is 10.1 Å². The van der Waals surface area contributed by atoms with Crippen LogP contribution in [-0.2, 0) is 10.1 Å². The molecule has 96 valence electrons. The molecule has 0 fully saturated rings. The Hall–Kier alpha value is -1.89. The molecule has 0 radical (unpaired) electrons. The number of nitrogens with one attached hydrogen (secondary N) is 1. The fraction of sp³-hybridized carbons (Fsp3) is 0.273. The van der Waals surface area contributed by atoms with Gasteiger partial charge in [-0.1, -0.05) is 17.7 Å². The number of rotatable bonds is 3. The summed E-state index contributed by atoms with van der Waals surface area (Å²) >= 11 is 0. The lowest BCUT2D eigenvalue weighted by Gasteiger charge is -2.11. The van der Waals surface area contributed by atoms with Crippen LogP contribution in [0.25, 0.3) is 0 Å². The molecule has 1 aromatic carbocycles. The average molecular weight is 267 g/mol. The van der Waals surface area contributed by atoms with Gasteiger partial charge < -0.3 is 4.18 Å². The van der Waals surface area contributed by atoms with Crippen molar-refractivity contribution in [2.75, 3.05) is 0 Å². The Labute approximate surface area is 105 Å². The molecule has 1 heterocycles. The zero-order valence-electron chi connectivity index (χ0n) is 10.3. The van der Waals surface area contributed by atoms with Gasteiger partial charge in [-0.05, 0) is 31.9 Å². The summed E-state index contributed by atoms with van der Waals surface area (Å²) in [5.74, 6) is 0.324. The standard InChI is InChI=1S/C11H13N3O3S/c1-7-4-8(2)10(9(3)5-7)17-18(15,16)11-12-6-13-14-11/h4-6H,1-3H3,(H,12,13,14). The average Bonchev–Trinajstić information content (AvgIpc) is 2.77. The van der Waals surface area contributed by atoms with Gasteiger partial charge in [0.15, 0.2) is 0 Å². The van der Waals surface area contributed by atoms with Crippen molar-refractivity contribution in [1.82, 2.24) is 15.2 Å². The number of hydrogen-bond acceptors (Lipinski definition) is 5. The maximum absolute atomic E-state index is 11.9. The number of aromatic nitrogens is 3. The highest BCUT2D eigenvalue weighted by atomic mass is 32.2. The first-order valence-electron chi connectivity index (χ1n) is 5.28. The minimum Gasteiger partial charge on any atom is -0.376 e. The SMILES string of the molecule is Cc1cc(C)c(OS(=O)(=O)c2nc[nH]n2)c(C)c1. The second-order valence-electron chi connectivity index (χ2n) is 4.05. The van der Waals surface area contributed by atoms with Gasteiger partial charge in [0.2, 0.25) is 0 Å². The predicted octanol–water partition coefficient (Wildman–Crippen LogP) is 1.50. The summed E-state index contributed by atoms with van der Waals surface area (Å²) in [6, 6.07) is 3.71. The summed E-state index contributed by atoms with van der Waals surface area (Å²) < 4.78 is 28.9. The van der Waals surface area contributed by atoms with E-state index in [1.807, 2.05) is 19.1 Å². The highest BCUT2D eigenvalue weighted by Gasteiger charge is 2.22. The topological polar surface area (TPSA) is 84.9 Å². The monoisotopic (exact) mass is 267 g/mol. The van der Waals surface area contributed by atoms with Crippen LogP contribution in [0, 0.1) is 20.8 Å². The van der Waals surface area contributed by atoms with Gasteiger partial charge in [-0.3, -0.25) is 5.10 Å². The van der Waals surface area contributed by atoms with Crippen molar-refractivity contribution < 1.29 is 12.6 Å². The summed E-state index contributed by atoms with van der Waals surface area (Å²) in [5, 5.41) is 5.48. The Kier molecular flexibility index (Phi) is 3.08. The van der Waals surface area contributed by atoms with Crippen molar-refractivity contribution in [1.29, 1.82) is 0 Å². The van der Waals surface area contributed by atoms with E-state index in [0.29, 0.717) is 5.75 Å². The summed E-state index contributed by atoms with van der Waals surface area (Å²) in [5.41, 5.74) is 2.56. The molecule has 0 aliphatic rings. The minimum absolute atomic E-state index is 0.324. The Morgan fingerprint density at radius 3 is 2.28 bits per heavy atom. The van der Waals surface area contributed by atoms with E-state index in [2.05, 4.69) is 15.2 Å². The van der Waals surface area contributed by atoms with E-state index in [0.717, 1.165) is 16.7 Å². The van der Waals surface area contributed by atoms with Crippen LogP contribution in [-0.4, -0.2) is 23.6 Å². The molecule has 18 heavy (non-hydrogen) atoms. The van der Waals surface area contributed by atoms with Crippen LogP contribution in [0.1, 0.15) is 16.7 Å². The van der Waals surface area contributed by atoms with Gasteiger partial charge in [-0.2, -0.15) is 8.42 Å². The van der Waals surface area contributed by atoms with E-state index in [1.54, 1.807) is 13.8 Å².